The van der Waals surface area contributed by atoms with Crippen molar-refractivity contribution >= 4 is 21.9 Å². The maximum absolute atomic E-state index is 9.04. The number of aryl methyl sites for hydroxylation is 1. The molecule has 38 heavy (non-hydrogen) atoms. The number of aromatic nitrogens is 4. The number of fused-ring (bicyclic) bond motifs is 2. The highest BCUT2D eigenvalue weighted by molar-refractivity contribution is 5.96. The summed E-state index contributed by atoms with van der Waals surface area (Å²) in [5.74, 6) is 0.572. The van der Waals surface area contributed by atoms with Gasteiger partial charge < -0.3 is 4.57 Å². The Morgan fingerprint density at radius 1 is 0.974 bits per heavy atom. The minimum Gasteiger partial charge on any atom is -0.331 e. The van der Waals surface area contributed by atoms with Crippen LogP contribution in [-0.4, -0.2) is 37.7 Å². The molecule has 1 saturated heterocycles. The molecule has 6 nitrogen and oxygen atoms in total. The van der Waals surface area contributed by atoms with Gasteiger partial charge in [-0.3, -0.25) is 10.00 Å². The lowest BCUT2D eigenvalue weighted by Crippen LogP contribution is -2.33. The van der Waals surface area contributed by atoms with Gasteiger partial charge in [0.25, 0.3) is 0 Å². The lowest BCUT2D eigenvalue weighted by atomic mass is 9.89. The largest absolute Gasteiger partial charge is 0.331 e. The maximum Gasteiger partial charge on any atom is 0.140 e. The van der Waals surface area contributed by atoms with Gasteiger partial charge in [-0.25, -0.2) is 4.98 Å². The molecule has 1 aliphatic heterocycles. The summed E-state index contributed by atoms with van der Waals surface area (Å²) < 4.78 is 2.24. The highest BCUT2D eigenvalue weighted by Crippen LogP contribution is 2.33. The summed E-state index contributed by atoms with van der Waals surface area (Å²) >= 11 is 0. The van der Waals surface area contributed by atoms with Crippen LogP contribution in [0.25, 0.3) is 33.1 Å². The van der Waals surface area contributed by atoms with Crippen molar-refractivity contribution in [2.24, 2.45) is 7.05 Å². The van der Waals surface area contributed by atoms with Crippen LogP contribution in [0, 0.1) is 11.3 Å². The molecule has 1 aliphatic rings. The zero-order chi connectivity index (χ0) is 27.1. The molecule has 0 amide bonds. The van der Waals surface area contributed by atoms with Crippen LogP contribution in [0.15, 0.2) is 67.0 Å². The summed E-state index contributed by atoms with van der Waals surface area (Å²) in [5, 5.41) is 18.5. The zero-order valence-corrected chi connectivity index (χ0v) is 23.2. The predicted octanol–water partition coefficient (Wildman–Crippen LogP) is 7.42. The van der Waals surface area contributed by atoms with E-state index in [4.69, 9.17) is 10.2 Å². The van der Waals surface area contributed by atoms with Gasteiger partial charge in [-0.2, -0.15) is 10.4 Å². The van der Waals surface area contributed by atoms with Crippen molar-refractivity contribution in [3.63, 3.8) is 0 Å². The number of piperidine rings is 1. The molecule has 3 aromatic heterocycles. The van der Waals surface area contributed by atoms with E-state index in [1.807, 2.05) is 52.2 Å². The summed E-state index contributed by atoms with van der Waals surface area (Å²) in [4.78, 5) is 7.25. The van der Waals surface area contributed by atoms with Gasteiger partial charge in [0, 0.05) is 36.3 Å². The Labute approximate surface area is 225 Å². The molecule has 4 heterocycles. The number of H-pyrrole nitrogens is 1. The summed E-state index contributed by atoms with van der Waals surface area (Å²) in [5.41, 5.74) is 7.83. The number of likely N-dealkylation sites (tertiary alicyclic amines) is 1. The molecule has 1 fully saturated rings. The van der Waals surface area contributed by atoms with E-state index < -0.39 is 0 Å². The van der Waals surface area contributed by atoms with E-state index in [1.54, 1.807) is 0 Å². The number of hydrogen-bond donors (Lipinski definition) is 1. The average molecular weight is 507 g/mol. The first-order valence-electron chi connectivity index (χ1n) is 13.8. The lowest BCUT2D eigenvalue weighted by molar-refractivity contribution is 0.201. The molecule has 0 atom stereocenters. The number of nitrogens with zero attached hydrogens (tertiary/aromatic N) is 5. The molecule has 0 bridgehead atoms. The standard InChI is InChI=1S/C28H26N6.2C2H6/c1-33-24(18-34-12-9-21(10-13-34)20-4-2-19(16-29)3-5-20)15-26-25(8-11-30-28(26)33)22-6-7-27-23(14-22)17-31-32-27;2*1-2/h2-8,11,14-15,17,21H,9-10,12-13,18H2,1H3,(H,31,32);2*1-2H3. The van der Waals surface area contributed by atoms with E-state index in [2.05, 4.69) is 75.2 Å². The molecule has 1 N–H and O–H groups in total. The van der Waals surface area contributed by atoms with Gasteiger partial charge in [-0.15, -0.1) is 0 Å². The highest BCUT2D eigenvalue weighted by atomic mass is 15.2. The third-order valence-electron chi connectivity index (χ3n) is 7.26. The monoisotopic (exact) mass is 506 g/mol. The summed E-state index contributed by atoms with van der Waals surface area (Å²) in [6.45, 7) is 11.1. The molecular formula is C32H38N6. The van der Waals surface area contributed by atoms with Crippen molar-refractivity contribution < 1.29 is 0 Å². The molecule has 5 aromatic rings. The van der Waals surface area contributed by atoms with Crippen LogP contribution < -0.4 is 0 Å². The second-order valence-corrected chi connectivity index (χ2v) is 9.25. The van der Waals surface area contributed by atoms with Gasteiger partial charge in [0.05, 0.1) is 23.3 Å². The summed E-state index contributed by atoms with van der Waals surface area (Å²) in [7, 11) is 2.12. The molecule has 6 rings (SSSR count). The number of pyridine rings is 1. The van der Waals surface area contributed by atoms with Crippen LogP contribution in [0.1, 0.15) is 63.3 Å². The quantitative estimate of drug-likeness (QED) is 0.275. The first kappa shape index (κ1) is 27.1. The van der Waals surface area contributed by atoms with E-state index in [0.29, 0.717) is 5.92 Å². The molecule has 0 unspecified atom stereocenters. The minimum atomic E-state index is 0.572. The van der Waals surface area contributed by atoms with Gasteiger partial charge in [0.15, 0.2) is 0 Å². The minimum absolute atomic E-state index is 0.572. The van der Waals surface area contributed by atoms with Crippen LogP contribution in [-0.2, 0) is 13.6 Å². The van der Waals surface area contributed by atoms with E-state index >= 15 is 0 Å². The fourth-order valence-electron chi connectivity index (χ4n) is 5.27. The van der Waals surface area contributed by atoms with Crippen molar-refractivity contribution in [1.82, 2.24) is 24.6 Å². The first-order chi connectivity index (χ1) is 18.7. The first-order valence-corrected chi connectivity index (χ1v) is 13.8. The predicted molar refractivity (Wildman–Crippen MR) is 157 cm³/mol. The Morgan fingerprint density at radius 3 is 2.42 bits per heavy atom. The van der Waals surface area contributed by atoms with Crippen molar-refractivity contribution in [2.45, 2.75) is 53.0 Å². The molecule has 6 heteroatoms. The molecule has 196 valence electrons. The molecule has 2 aromatic carbocycles. The average Bonchev–Trinajstić information content (AvgIpc) is 3.59. The van der Waals surface area contributed by atoms with E-state index in [1.165, 1.54) is 27.8 Å². The van der Waals surface area contributed by atoms with E-state index in [9.17, 15) is 0 Å². The van der Waals surface area contributed by atoms with Crippen LogP contribution in [0.2, 0.25) is 0 Å². The zero-order valence-electron chi connectivity index (χ0n) is 23.2. The fraction of sp³-hybridized carbons (Fsp3) is 0.344. The van der Waals surface area contributed by atoms with Crippen molar-refractivity contribution in [3.8, 4) is 17.2 Å². The van der Waals surface area contributed by atoms with Crippen molar-refractivity contribution in [2.75, 3.05) is 13.1 Å². The number of nitriles is 1. The Kier molecular flexibility index (Phi) is 8.93. The SMILES string of the molecule is CC.CC.Cn1c(CN2CCC(c3ccc(C#N)cc3)CC2)cc2c(-c3ccc4[nH]ncc4c3)ccnc21. The summed E-state index contributed by atoms with van der Waals surface area (Å²) in [6.07, 6.45) is 6.06. The van der Waals surface area contributed by atoms with Crippen LogP contribution in [0.5, 0.6) is 0 Å². The molecule has 0 saturated carbocycles. The topological polar surface area (TPSA) is 73.5 Å². The molecule has 0 aliphatic carbocycles. The Bertz CT molecular complexity index is 1510. The Hall–Kier alpha value is -3.95. The number of hydrogen-bond acceptors (Lipinski definition) is 4. The fourth-order valence-corrected chi connectivity index (χ4v) is 5.27. The maximum atomic E-state index is 9.04. The molecule has 0 radical (unpaired) electrons. The number of aromatic amines is 1. The van der Waals surface area contributed by atoms with Gasteiger partial charge in [-0.1, -0.05) is 45.9 Å². The number of benzene rings is 2. The second-order valence-electron chi connectivity index (χ2n) is 9.25. The second kappa shape index (κ2) is 12.5. The Balaban J connectivity index is 0.000000804. The third kappa shape index (κ3) is 5.49. The molecule has 0 spiro atoms. The van der Waals surface area contributed by atoms with E-state index in [-0.39, 0.29) is 0 Å². The van der Waals surface area contributed by atoms with Gasteiger partial charge in [0.1, 0.15) is 5.65 Å². The smallest absolute Gasteiger partial charge is 0.140 e. The number of nitrogens with one attached hydrogen (secondary N) is 1. The van der Waals surface area contributed by atoms with E-state index in [0.717, 1.165) is 54.6 Å². The summed E-state index contributed by atoms with van der Waals surface area (Å²) in [6, 6.07) is 21.2. The van der Waals surface area contributed by atoms with Gasteiger partial charge in [0.2, 0.25) is 0 Å². The van der Waals surface area contributed by atoms with Crippen LogP contribution in [0.3, 0.4) is 0 Å². The molecular weight excluding hydrogens is 468 g/mol. The Morgan fingerprint density at radius 2 is 1.71 bits per heavy atom. The van der Waals surface area contributed by atoms with Gasteiger partial charge in [-0.05, 0) is 84.9 Å². The van der Waals surface area contributed by atoms with Crippen molar-refractivity contribution in [1.29, 1.82) is 5.26 Å². The third-order valence-corrected chi connectivity index (χ3v) is 7.26. The number of rotatable bonds is 4. The van der Waals surface area contributed by atoms with Crippen LogP contribution in [0.4, 0.5) is 0 Å². The van der Waals surface area contributed by atoms with Crippen LogP contribution >= 0.6 is 0 Å². The highest BCUT2D eigenvalue weighted by Gasteiger charge is 2.22. The lowest BCUT2D eigenvalue weighted by Gasteiger charge is -2.32. The normalized spacial score (nSPS) is 13.9. The van der Waals surface area contributed by atoms with Crippen molar-refractivity contribution in [3.05, 3.63) is 83.8 Å². The van der Waals surface area contributed by atoms with Gasteiger partial charge >= 0.3 is 0 Å².